The lowest BCUT2D eigenvalue weighted by Crippen LogP contribution is -2.19. The van der Waals surface area contributed by atoms with Crippen LogP contribution in [0.25, 0.3) is 11.0 Å². The Morgan fingerprint density at radius 2 is 2.05 bits per heavy atom. The molecule has 0 spiro atoms. The Balaban J connectivity index is 2.28. The third kappa shape index (κ3) is 3.56. The zero-order valence-corrected chi connectivity index (χ0v) is 12.4. The molecule has 1 heterocycles. The molecule has 0 unspecified atom stereocenters. The molecule has 118 valence electrons. The van der Waals surface area contributed by atoms with Gasteiger partial charge in [-0.2, -0.15) is 0 Å². The van der Waals surface area contributed by atoms with Crippen molar-refractivity contribution < 1.29 is 28.2 Å². The van der Waals surface area contributed by atoms with Gasteiger partial charge in [-0.25, -0.2) is 4.79 Å². The third-order valence-electron chi connectivity index (χ3n) is 2.94. The first kappa shape index (κ1) is 15.8. The van der Waals surface area contributed by atoms with Gasteiger partial charge in [0.2, 0.25) is 0 Å². The highest BCUT2D eigenvalue weighted by atomic mass is 16.6. The Kier molecular flexibility index (Phi) is 5.00. The molecule has 0 aliphatic heterocycles. The normalized spacial score (nSPS) is 10.6. The molecule has 1 aromatic carbocycles. The second-order valence-electron chi connectivity index (χ2n) is 4.57. The van der Waals surface area contributed by atoms with Crippen molar-refractivity contribution in [1.82, 2.24) is 0 Å². The number of nitrogens with two attached hydrogens (primary N) is 1. The van der Waals surface area contributed by atoms with Gasteiger partial charge in [-0.3, -0.25) is 4.79 Å². The number of carbonyl (C=O) groups excluding carboxylic acids is 2. The summed E-state index contributed by atoms with van der Waals surface area (Å²) in [5, 5.41) is 0.557. The van der Waals surface area contributed by atoms with Gasteiger partial charge in [0, 0.05) is 12.5 Å². The second-order valence-corrected chi connectivity index (χ2v) is 4.57. The lowest BCUT2D eigenvalue weighted by Gasteiger charge is -2.05. The first-order chi connectivity index (χ1) is 10.5. The topological polar surface area (TPSA) is 101 Å². The van der Waals surface area contributed by atoms with Gasteiger partial charge < -0.3 is 24.4 Å². The summed E-state index contributed by atoms with van der Waals surface area (Å²) < 4.78 is 20.7. The van der Waals surface area contributed by atoms with Crippen molar-refractivity contribution in [2.24, 2.45) is 5.73 Å². The number of ether oxygens (including phenoxy) is 3. The van der Waals surface area contributed by atoms with Crippen molar-refractivity contribution in [2.45, 2.75) is 6.92 Å². The predicted octanol–water partition coefficient (Wildman–Crippen LogP) is 1.41. The molecule has 0 radical (unpaired) electrons. The first-order valence-electron chi connectivity index (χ1n) is 6.63. The van der Waals surface area contributed by atoms with Gasteiger partial charge in [-0.05, 0) is 25.1 Å². The second kappa shape index (κ2) is 6.95. The van der Waals surface area contributed by atoms with E-state index < -0.39 is 11.9 Å². The highest BCUT2D eigenvalue weighted by Crippen LogP contribution is 2.29. The summed E-state index contributed by atoms with van der Waals surface area (Å²) in [5.74, 6) is -0.217. The Hall–Kier alpha value is -2.54. The average molecular weight is 307 g/mol. The van der Waals surface area contributed by atoms with Crippen LogP contribution < -0.4 is 10.5 Å². The summed E-state index contributed by atoms with van der Waals surface area (Å²) in [7, 11) is 1.52. The SMILES string of the molecule is COCCOC(=O)c1c(C)oc2ccc(OCC(N)=O)cc12. The van der Waals surface area contributed by atoms with Crippen molar-refractivity contribution in [3.05, 3.63) is 29.5 Å². The number of methoxy groups -OCH3 is 1. The van der Waals surface area contributed by atoms with E-state index in [0.717, 1.165) is 0 Å². The molecular weight excluding hydrogens is 290 g/mol. The van der Waals surface area contributed by atoms with E-state index in [9.17, 15) is 9.59 Å². The molecule has 0 aliphatic rings. The van der Waals surface area contributed by atoms with Gasteiger partial charge in [0.1, 0.15) is 29.3 Å². The fourth-order valence-corrected chi connectivity index (χ4v) is 1.99. The maximum atomic E-state index is 12.1. The third-order valence-corrected chi connectivity index (χ3v) is 2.94. The molecule has 2 aromatic rings. The van der Waals surface area contributed by atoms with Gasteiger partial charge >= 0.3 is 5.97 Å². The van der Waals surface area contributed by atoms with Crippen LogP contribution in [0.15, 0.2) is 22.6 Å². The van der Waals surface area contributed by atoms with Crippen molar-refractivity contribution in [3.8, 4) is 5.75 Å². The molecule has 0 saturated carbocycles. The molecule has 0 fully saturated rings. The fourth-order valence-electron chi connectivity index (χ4n) is 1.99. The molecule has 2 N–H and O–H groups in total. The van der Waals surface area contributed by atoms with Gasteiger partial charge in [-0.1, -0.05) is 0 Å². The van der Waals surface area contributed by atoms with Crippen LogP contribution in [-0.4, -0.2) is 38.8 Å². The summed E-state index contributed by atoms with van der Waals surface area (Å²) in [6.07, 6.45) is 0. The van der Waals surface area contributed by atoms with Crippen molar-refractivity contribution >= 4 is 22.8 Å². The monoisotopic (exact) mass is 307 g/mol. The lowest BCUT2D eigenvalue weighted by atomic mass is 10.1. The van der Waals surface area contributed by atoms with Crippen LogP contribution in [0.3, 0.4) is 0 Å². The van der Waals surface area contributed by atoms with Crippen molar-refractivity contribution in [3.63, 3.8) is 0 Å². The summed E-state index contributed by atoms with van der Waals surface area (Å²) in [6, 6.07) is 4.90. The van der Waals surface area contributed by atoms with E-state index in [1.54, 1.807) is 25.1 Å². The number of aryl methyl sites for hydroxylation is 1. The van der Waals surface area contributed by atoms with Crippen LogP contribution in [0.4, 0.5) is 0 Å². The minimum Gasteiger partial charge on any atom is -0.484 e. The first-order valence-corrected chi connectivity index (χ1v) is 6.63. The quantitative estimate of drug-likeness (QED) is 0.613. The number of benzene rings is 1. The molecule has 7 heteroatoms. The van der Waals surface area contributed by atoms with E-state index >= 15 is 0 Å². The van der Waals surface area contributed by atoms with Crippen LogP contribution in [0.2, 0.25) is 0 Å². The van der Waals surface area contributed by atoms with Crippen LogP contribution in [0, 0.1) is 6.92 Å². The number of esters is 1. The minimum atomic E-state index is -0.581. The highest BCUT2D eigenvalue weighted by Gasteiger charge is 2.20. The van der Waals surface area contributed by atoms with Gasteiger partial charge in [0.05, 0.1) is 6.61 Å². The number of primary amides is 1. The number of furan rings is 1. The number of amides is 1. The molecule has 7 nitrogen and oxygen atoms in total. The maximum Gasteiger partial charge on any atom is 0.342 e. The average Bonchev–Trinajstić information content (AvgIpc) is 2.80. The van der Waals surface area contributed by atoms with Crippen LogP contribution >= 0.6 is 0 Å². The number of carbonyl (C=O) groups is 2. The summed E-state index contributed by atoms with van der Waals surface area (Å²) in [6.45, 7) is 1.90. The molecule has 0 atom stereocenters. The molecule has 1 aromatic heterocycles. The molecule has 0 saturated heterocycles. The van der Waals surface area contributed by atoms with Gasteiger partial charge in [0.15, 0.2) is 6.61 Å². The van der Waals surface area contributed by atoms with E-state index in [1.165, 1.54) is 7.11 Å². The van der Waals surface area contributed by atoms with E-state index in [1.807, 2.05) is 0 Å². The van der Waals surface area contributed by atoms with Gasteiger partial charge in [-0.15, -0.1) is 0 Å². The number of hydrogen-bond acceptors (Lipinski definition) is 6. The summed E-state index contributed by atoms with van der Waals surface area (Å²) >= 11 is 0. The predicted molar refractivity (Wildman–Crippen MR) is 77.8 cm³/mol. The lowest BCUT2D eigenvalue weighted by molar-refractivity contribution is -0.119. The zero-order valence-electron chi connectivity index (χ0n) is 12.4. The molecular formula is C15H17NO6. The van der Waals surface area contributed by atoms with E-state index in [2.05, 4.69) is 0 Å². The smallest absolute Gasteiger partial charge is 0.342 e. The standard InChI is InChI=1S/C15H17NO6/c1-9-14(15(18)20-6-5-19-2)11-7-10(21-8-13(16)17)3-4-12(11)22-9/h3-4,7H,5-6,8H2,1-2H3,(H2,16,17). The van der Waals surface area contributed by atoms with E-state index in [-0.39, 0.29) is 13.2 Å². The molecule has 2 rings (SSSR count). The zero-order chi connectivity index (χ0) is 16.1. The van der Waals surface area contributed by atoms with Crippen LogP contribution in [0.1, 0.15) is 16.1 Å². The van der Waals surface area contributed by atoms with Crippen molar-refractivity contribution in [1.29, 1.82) is 0 Å². The van der Waals surface area contributed by atoms with E-state index in [4.69, 9.17) is 24.4 Å². The molecule has 1 amide bonds. The molecule has 0 aliphatic carbocycles. The Morgan fingerprint density at radius 3 is 2.73 bits per heavy atom. The maximum absolute atomic E-state index is 12.1. The Labute approximate surface area is 126 Å². The highest BCUT2D eigenvalue weighted by molar-refractivity contribution is 6.04. The Bertz CT molecular complexity index is 691. The number of fused-ring (bicyclic) bond motifs is 1. The van der Waals surface area contributed by atoms with Gasteiger partial charge in [0.25, 0.3) is 5.91 Å². The Morgan fingerprint density at radius 1 is 1.27 bits per heavy atom. The largest absolute Gasteiger partial charge is 0.484 e. The molecule has 22 heavy (non-hydrogen) atoms. The summed E-state index contributed by atoms with van der Waals surface area (Å²) in [4.78, 5) is 22.9. The number of rotatable bonds is 7. The summed E-state index contributed by atoms with van der Waals surface area (Å²) in [5.41, 5.74) is 5.89. The van der Waals surface area contributed by atoms with Crippen molar-refractivity contribution in [2.75, 3.05) is 26.9 Å². The van der Waals surface area contributed by atoms with Crippen LogP contribution in [-0.2, 0) is 14.3 Å². The fraction of sp³-hybridized carbons (Fsp3) is 0.333. The number of hydrogen-bond donors (Lipinski definition) is 1. The molecule has 0 bridgehead atoms. The van der Waals surface area contributed by atoms with Crippen LogP contribution in [0.5, 0.6) is 5.75 Å². The minimum absolute atomic E-state index is 0.152. The van der Waals surface area contributed by atoms with E-state index in [0.29, 0.717) is 34.6 Å².